The molecule has 0 atom stereocenters. The van der Waals surface area contributed by atoms with Gasteiger partial charge in [0, 0.05) is 31.1 Å². The molecule has 0 amide bonds. The third-order valence-electron chi connectivity index (χ3n) is 7.31. The minimum Gasteiger partial charge on any atom is -0.423 e. The van der Waals surface area contributed by atoms with Crippen LogP contribution in [0, 0.1) is 0 Å². The highest BCUT2D eigenvalue weighted by Crippen LogP contribution is 2.44. The first-order valence-electron chi connectivity index (χ1n) is 13.0. The molecule has 2 aromatic heterocycles. The third kappa shape index (κ3) is 3.61. The monoisotopic (exact) mass is 518 g/mol. The summed E-state index contributed by atoms with van der Waals surface area (Å²) in [7, 11) is 0. The Morgan fingerprint density at radius 3 is 2.26 bits per heavy atom. The molecule has 0 fully saturated rings. The van der Waals surface area contributed by atoms with Crippen LogP contribution in [0.2, 0.25) is 0 Å². The summed E-state index contributed by atoms with van der Waals surface area (Å²) >= 11 is 1.81. The Hall–Kier alpha value is -4.93. The van der Waals surface area contributed by atoms with Crippen LogP contribution in [0.15, 0.2) is 138 Å². The highest BCUT2D eigenvalue weighted by Gasteiger charge is 2.23. The van der Waals surface area contributed by atoms with Crippen LogP contribution in [0.3, 0.4) is 0 Å². The molecule has 0 saturated heterocycles. The molecule has 0 aliphatic heterocycles. The maximum Gasteiger partial charge on any atom is 0.307 e. The van der Waals surface area contributed by atoms with Crippen LogP contribution in [0.1, 0.15) is 0 Å². The van der Waals surface area contributed by atoms with E-state index in [2.05, 4.69) is 120 Å². The van der Waals surface area contributed by atoms with Crippen molar-refractivity contribution >= 4 is 70.8 Å². The van der Waals surface area contributed by atoms with Crippen molar-refractivity contribution in [2.75, 3.05) is 4.90 Å². The second-order valence-corrected chi connectivity index (χ2v) is 10.7. The number of thiophene rings is 1. The predicted molar refractivity (Wildman–Crippen MR) is 165 cm³/mol. The van der Waals surface area contributed by atoms with E-state index in [9.17, 15) is 0 Å². The van der Waals surface area contributed by atoms with Crippen molar-refractivity contribution in [1.82, 2.24) is 4.98 Å². The second-order valence-electron chi connectivity index (χ2n) is 9.63. The molecular formula is C35H22N2OS. The molecule has 2 heterocycles. The molecule has 184 valence electrons. The summed E-state index contributed by atoms with van der Waals surface area (Å²) < 4.78 is 9.05. The van der Waals surface area contributed by atoms with Gasteiger partial charge >= 0.3 is 6.01 Å². The Labute approximate surface area is 229 Å². The summed E-state index contributed by atoms with van der Waals surface area (Å²) in [4.78, 5) is 7.27. The Morgan fingerprint density at radius 2 is 1.33 bits per heavy atom. The van der Waals surface area contributed by atoms with Gasteiger partial charge in [0.25, 0.3) is 0 Å². The van der Waals surface area contributed by atoms with Gasteiger partial charge in [0.2, 0.25) is 0 Å². The largest absolute Gasteiger partial charge is 0.423 e. The number of aromatic nitrogens is 1. The molecule has 6 aromatic carbocycles. The Morgan fingerprint density at radius 1 is 0.590 bits per heavy atom. The molecule has 0 N–H and O–H groups in total. The Kier molecular flexibility index (Phi) is 5.00. The van der Waals surface area contributed by atoms with Crippen LogP contribution in [0.25, 0.3) is 53.2 Å². The summed E-state index contributed by atoms with van der Waals surface area (Å²) in [6.07, 6.45) is 0. The average molecular weight is 519 g/mol. The van der Waals surface area contributed by atoms with Gasteiger partial charge in [0.15, 0.2) is 5.58 Å². The van der Waals surface area contributed by atoms with Crippen molar-refractivity contribution in [3.05, 3.63) is 133 Å². The van der Waals surface area contributed by atoms with Gasteiger partial charge in [0.1, 0.15) is 5.52 Å². The van der Waals surface area contributed by atoms with E-state index in [-0.39, 0.29) is 0 Å². The molecule has 0 aliphatic rings. The molecular weight excluding hydrogens is 496 g/mol. The molecule has 0 saturated carbocycles. The van der Waals surface area contributed by atoms with Crippen molar-refractivity contribution in [2.24, 2.45) is 0 Å². The molecule has 0 bridgehead atoms. The fraction of sp³-hybridized carbons (Fsp3) is 0. The zero-order valence-electron chi connectivity index (χ0n) is 20.9. The minimum atomic E-state index is 0.546. The van der Waals surface area contributed by atoms with Crippen molar-refractivity contribution in [3.63, 3.8) is 0 Å². The standard InChI is InChI=1S/C35H22N2OS/c1-2-10-23(11-3-1)26-13-6-8-16-30(26)37(25-19-20-29-28-15-7-9-17-32(28)39-33(29)22-25)35-36-34-27-14-5-4-12-24(27)18-21-31(34)38-35/h1-22H. The van der Waals surface area contributed by atoms with E-state index in [1.54, 1.807) is 0 Å². The van der Waals surface area contributed by atoms with Gasteiger partial charge in [0.05, 0.1) is 11.4 Å². The minimum absolute atomic E-state index is 0.546. The van der Waals surface area contributed by atoms with Crippen LogP contribution in [0.5, 0.6) is 0 Å². The molecule has 0 radical (unpaired) electrons. The normalized spacial score (nSPS) is 11.6. The number of nitrogens with zero attached hydrogens (tertiary/aromatic N) is 2. The number of fused-ring (bicyclic) bond motifs is 6. The quantitative estimate of drug-likeness (QED) is 0.232. The lowest BCUT2D eigenvalue weighted by atomic mass is 10.0. The number of rotatable bonds is 4. The van der Waals surface area contributed by atoms with Crippen molar-refractivity contribution < 1.29 is 4.42 Å². The first kappa shape index (κ1) is 22.1. The number of anilines is 3. The maximum atomic E-state index is 6.53. The van der Waals surface area contributed by atoms with Gasteiger partial charge in [-0.1, -0.05) is 103 Å². The van der Waals surface area contributed by atoms with E-state index in [1.165, 1.54) is 20.2 Å². The summed E-state index contributed by atoms with van der Waals surface area (Å²) in [5.41, 5.74) is 5.92. The van der Waals surface area contributed by atoms with E-state index in [4.69, 9.17) is 9.40 Å². The van der Waals surface area contributed by atoms with Crippen molar-refractivity contribution in [1.29, 1.82) is 0 Å². The van der Waals surface area contributed by atoms with Crippen LogP contribution in [0.4, 0.5) is 17.4 Å². The van der Waals surface area contributed by atoms with Crippen LogP contribution < -0.4 is 4.90 Å². The van der Waals surface area contributed by atoms with E-state index in [0.717, 1.165) is 44.4 Å². The fourth-order valence-electron chi connectivity index (χ4n) is 5.48. The van der Waals surface area contributed by atoms with Gasteiger partial charge in [-0.05, 0) is 41.3 Å². The van der Waals surface area contributed by atoms with E-state index in [0.29, 0.717) is 6.01 Å². The lowest BCUT2D eigenvalue weighted by Gasteiger charge is -2.24. The summed E-state index contributed by atoms with van der Waals surface area (Å²) in [6, 6.07) is 47.2. The third-order valence-corrected chi connectivity index (χ3v) is 8.45. The SMILES string of the molecule is c1ccc(-c2ccccc2N(c2ccc3c(c2)sc2ccccc23)c2nc3c(ccc4ccccc43)o2)cc1. The van der Waals surface area contributed by atoms with Gasteiger partial charge in [-0.25, -0.2) is 0 Å². The van der Waals surface area contributed by atoms with Gasteiger partial charge in [-0.2, -0.15) is 4.98 Å². The Balaban J connectivity index is 1.40. The molecule has 39 heavy (non-hydrogen) atoms. The number of oxazole rings is 1. The summed E-state index contributed by atoms with van der Waals surface area (Å²) in [5.74, 6) is 0. The highest BCUT2D eigenvalue weighted by molar-refractivity contribution is 7.25. The van der Waals surface area contributed by atoms with Gasteiger partial charge in [-0.3, -0.25) is 4.90 Å². The number of hydrogen-bond donors (Lipinski definition) is 0. The number of benzene rings is 6. The molecule has 3 nitrogen and oxygen atoms in total. The summed E-state index contributed by atoms with van der Waals surface area (Å²) in [6.45, 7) is 0. The zero-order chi connectivity index (χ0) is 25.8. The second kappa shape index (κ2) is 8.83. The first-order chi connectivity index (χ1) is 19.3. The van der Waals surface area contributed by atoms with Crippen molar-refractivity contribution in [2.45, 2.75) is 0 Å². The molecule has 4 heteroatoms. The van der Waals surface area contributed by atoms with E-state index >= 15 is 0 Å². The predicted octanol–water partition coefficient (Wildman–Crippen LogP) is 10.5. The molecule has 8 aromatic rings. The summed E-state index contributed by atoms with van der Waals surface area (Å²) in [5, 5.41) is 4.78. The first-order valence-corrected chi connectivity index (χ1v) is 13.8. The van der Waals surface area contributed by atoms with Gasteiger partial charge < -0.3 is 4.42 Å². The lowest BCUT2D eigenvalue weighted by Crippen LogP contribution is -2.11. The van der Waals surface area contributed by atoms with Crippen LogP contribution >= 0.6 is 11.3 Å². The molecule has 0 unspecified atom stereocenters. The van der Waals surface area contributed by atoms with Gasteiger partial charge in [-0.15, -0.1) is 11.3 Å². The fourth-order valence-corrected chi connectivity index (χ4v) is 6.62. The number of hydrogen-bond acceptors (Lipinski definition) is 4. The Bertz CT molecular complexity index is 2140. The van der Waals surface area contributed by atoms with Crippen molar-refractivity contribution in [3.8, 4) is 11.1 Å². The maximum absolute atomic E-state index is 6.53. The van der Waals surface area contributed by atoms with E-state index in [1.807, 2.05) is 29.5 Å². The highest BCUT2D eigenvalue weighted by atomic mass is 32.1. The topological polar surface area (TPSA) is 29.3 Å². The van der Waals surface area contributed by atoms with E-state index < -0.39 is 0 Å². The smallest absolute Gasteiger partial charge is 0.307 e. The lowest BCUT2D eigenvalue weighted by molar-refractivity contribution is 0.608. The molecule has 0 aliphatic carbocycles. The molecule has 8 rings (SSSR count). The molecule has 0 spiro atoms. The number of para-hydroxylation sites is 1. The van der Waals surface area contributed by atoms with Crippen LogP contribution in [-0.2, 0) is 0 Å². The average Bonchev–Trinajstić information content (AvgIpc) is 3.59. The van der Waals surface area contributed by atoms with Crippen LogP contribution in [-0.4, -0.2) is 4.98 Å². The zero-order valence-corrected chi connectivity index (χ0v) is 21.7.